The number of aliphatic hydroxyl groups excluding tert-OH is 1. The number of rotatable bonds is 2. The highest BCUT2D eigenvalue weighted by Gasteiger charge is 1.94. The summed E-state index contributed by atoms with van der Waals surface area (Å²) in [4.78, 5) is 0. The molecule has 0 aliphatic heterocycles. The van der Waals surface area contributed by atoms with Crippen LogP contribution >= 0.6 is 0 Å². The third-order valence-electron chi connectivity index (χ3n) is 0.332. The molecule has 0 rings (SSSR count). The molecule has 10 heavy (non-hydrogen) atoms. The zero-order valence-corrected chi connectivity index (χ0v) is 7.31. The van der Waals surface area contributed by atoms with Crippen molar-refractivity contribution < 1.29 is 17.7 Å². The van der Waals surface area contributed by atoms with Crippen molar-refractivity contribution in [1.29, 1.82) is 0 Å². The molecule has 0 amide bonds. The van der Waals surface area contributed by atoms with Crippen LogP contribution in [0.25, 0.3) is 0 Å². The fourth-order valence-electron chi connectivity index (χ4n) is 0.214. The van der Waals surface area contributed by atoms with Crippen molar-refractivity contribution in [3.63, 3.8) is 0 Å². The maximum Gasteiger partial charge on any atom is 0.264 e. The van der Waals surface area contributed by atoms with E-state index in [1.807, 2.05) is 0 Å². The smallest absolute Gasteiger partial charge is 0.264 e. The molecule has 0 unspecified atom stereocenters. The standard InChI is InChI=1S/C3H8O3S.C2H6O/c1-3-6-7(2,4)5;1-2-3/h3H2,1-2H3;3H,2H2,1H3. The van der Waals surface area contributed by atoms with Crippen molar-refractivity contribution >= 4 is 10.1 Å². The number of hydrogen-bond acceptors (Lipinski definition) is 4. The first-order chi connectivity index (χ1) is 4.47. The molecule has 0 atom stereocenters. The highest BCUT2D eigenvalue weighted by atomic mass is 32.2. The Bertz CT molecular complexity index is 138. The van der Waals surface area contributed by atoms with Crippen LogP contribution < -0.4 is 0 Å². The molecule has 0 aromatic carbocycles. The summed E-state index contributed by atoms with van der Waals surface area (Å²) in [6, 6.07) is 0. The van der Waals surface area contributed by atoms with Gasteiger partial charge in [-0.25, -0.2) is 0 Å². The molecule has 0 bridgehead atoms. The average Bonchev–Trinajstić information content (AvgIpc) is 1.63. The highest BCUT2D eigenvalue weighted by Crippen LogP contribution is 1.81. The van der Waals surface area contributed by atoms with E-state index in [0.717, 1.165) is 6.26 Å². The molecule has 0 radical (unpaired) electrons. The molecule has 0 aliphatic rings. The Hall–Kier alpha value is -0.130. The Morgan fingerprint density at radius 3 is 1.70 bits per heavy atom. The van der Waals surface area contributed by atoms with Crippen LogP contribution in [-0.2, 0) is 14.3 Å². The Kier molecular flexibility index (Phi) is 8.75. The van der Waals surface area contributed by atoms with Gasteiger partial charge in [-0.1, -0.05) is 0 Å². The molecule has 0 aliphatic carbocycles. The van der Waals surface area contributed by atoms with E-state index in [1.54, 1.807) is 13.8 Å². The first kappa shape index (κ1) is 12.5. The van der Waals surface area contributed by atoms with Crippen LogP contribution in [-0.4, -0.2) is 33.0 Å². The van der Waals surface area contributed by atoms with Crippen LogP contribution in [0, 0.1) is 0 Å². The maximum absolute atomic E-state index is 10.0. The van der Waals surface area contributed by atoms with Crippen molar-refractivity contribution in [3.8, 4) is 0 Å². The van der Waals surface area contributed by atoms with Crippen LogP contribution in [0.4, 0.5) is 0 Å². The van der Waals surface area contributed by atoms with Gasteiger partial charge in [-0.05, 0) is 13.8 Å². The fraction of sp³-hybridized carbons (Fsp3) is 1.00. The lowest BCUT2D eigenvalue weighted by molar-refractivity contribution is 0.318. The van der Waals surface area contributed by atoms with E-state index in [9.17, 15) is 8.42 Å². The van der Waals surface area contributed by atoms with Crippen molar-refractivity contribution in [1.82, 2.24) is 0 Å². The molecule has 64 valence electrons. The second-order valence-electron chi connectivity index (χ2n) is 1.43. The van der Waals surface area contributed by atoms with Crippen molar-refractivity contribution in [2.24, 2.45) is 0 Å². The number of hydrogen-bond donors (Lipinski definition) is 1. The monoisotopic (exact) mass is 170 g/mol. The van der Waals surface area contributed by atoms with Crippen molar-refractivity contribution in [2.75, 3.05) is 19.5 Å². The molecule has 1 N–H and O–H groups in total. The predicted octanol–water partition coefficient (Wildman–Crippen LogP) is -0.0189. The van der Waals surface area contributed by atoms with E-state index in [-0.39, 0.29) is 13.2 Å². The van der Waals surface area contributed by atoms with Crippen LogP contribution in [0.3, 0.4) is 0 Å². The molecule has 4 nitrogen and oxygen atoms in total. The van der Waals surface area contributed by atoms with Gasteiger partial charge in [0, 0.05) is 6.61 Å². The molecule has 0 heterocycles. The third-order valence-corrected chi connectivity index (χ3v) is 0.996. The minimum absolute atomic E-state index is 0.221. The predicted molar refractivity (Wildman–Crippen MR) is 39.2 cm³/mol. The van der Waals surface area contributed by atoms with Gasteiger partial charge in [0.15, 0.2) is 0 Å². The van der Waals surface area contributed by atoms with Gasteiger partial charge in [0.05, 0.1) is 12.9 Å². The summed E-state index contributed by atoms with van der Waals surface area (Å²) in [5, 5.41) is 7.57. The molecule has 5 heteroatoms. The van der Waals surface area contributed by atoms with Gasteiger partial charge in [-0.15, -0.1) is 0 Å². The molecule has 0 fully saturated rings. The van der Waals surface area contributed by atoms with Crippen molar-refractivity contribution in [2.45, 2.75) is 13.8 Å². The Morgan fingerprint density at radius 2 is 1.70 bits per heavy atom. The minimum Gasteiger partial charge on any atom is -0.397 e. The summed E-state index contributed by atoms with van der Waals surface area (Å²) in [6.45, 7) is 3.78. The lowest BCUT2D eigenvalue weighted by atomic mass is 10.9. The Balaban J connectivity index is 0. The summed E-state index contributed by atoms with van der Waals surface area (Å²) in [6.07, 6.45) is 1.02. The molecule has 0 saturated carbocycles. The second-order valence-corrected chi connectivity index (χ2v) is 3.07. The molecule has 0 aromatic heterocycles. The van der Waals surface area contributed by atoms with E-state index in [2.05, 4.69) is 4.18 Å². The molecular weight excluding hydrogens is 156 g/mol. The second kappa shape index (κ2) is 6.98. The molecule has 0 spiro atoms. The van der Waals surface area contributed by atoms with Gasteiger partial charge in [-0.3, -0.25) is 4.18 Å². The Labute approximate surface area is 61.9 Å². The van der Waals surface area contributed by atoms with E-state index in [1.165, 1.54) is 0 Å². The first-order valence-electron chi connectivity index (χ1n) is 2.93. The highest BCUT2D eigenvalue weighted by molar-refractivity contribution is 7.85. The van der Waals surface area contributed by atoms with Crippen LogP contribution in [0.15, 0.2) is 0 Å². The SMILES string of the molecule is CCO.CCOS(C)(=O)=O. The lowest BCUT2D eigenvalue weighted by Gasteiger charge is -1.90. The van der Waals surface area contributed by atoms with Gasteiger partial charge in [-0.2, -0.15) is 8.42 Å². The van der Waals surface area contributed by atoms with E-state index < -0.39 is 10.1 Å². The maximum atomic E-state index is 10.0. The number of aliphatic hydroxyl groups is 1. The van der Waals surface area contributed by atoms with Crippen LogP contribution in [0.5, 0.6) is 0 Å². The minimum atomic E-state index is -3.17. The fourth-order valence-corrected chi connectivity index (χ4v) is 0.642. The summed E-state index contributed by atoms with van der Waals surface area (Å²) in [5.74, 6) is 0. The summed E-state index contributed by atoms with van der Waals surface area (Å²) < 4.78 is 24.2. The summed E-state index contributed by atoms with van der Waals surface area (Å²) in [7, 11) is -3.17. The summed E-state index contributed by atoms with van der Waals surface area (Å²) >= 11 is 0. The van der Waals surface area contributed by atoms with Gasteiger partial charge >= 0.3 is 0 Å². The van der Waals surface area contributed by atoms with E-state index >= 15 is 0 Å². The van der Waals surface area contributed by atoms with Crippen molar-refractivity contribution in [3.05, 3.63) is 0 Å². The quantitative estimate of drug-likeness (QED) is 0.592. The van der Waals surface area contributed by atoms with Crippen LogP contribution in [0.1, 0.15) is 13.8 Å². The van der Waals surface area contributed by atoms with Gasteiger partial charge in [0.2, 0.25) is 0 Å². The average molecular weight is 170 g/mol. The topological polar surface area (TPSA) is 63.6 Å². The van der Waals surface area contributed by atoms with E-state index in [4.69, 9.17) is 5.11 Å². The third kappa shape index (κ3) is 24.8. The van der Waals surface area contributed by atoms with Gasteiger partial charge in [0.1, 0.15) is 0 Å². The Morgan fingerprint density at radius 1 is 1.40 bits per heavy atom. The zero-order valence-electron chi connectivity index (χ0n) is 6.49. The van der Waals surface area contributed by atoms with Crippen LogP contribution in [0.2, 0.25) is 0 Å². The normalized spacial score (nSPS) is 10.0. The first-order valence-corrected chi connectivity index (χ1v) is 4.74. The zero-order chi connectivity index (χ0) is 8.62. The molecular formula is C5H14O4S. The lowest BCUT2D eigenvalue weighted by Crippen LogP contribution is -2.00. The molecule has 0 saturated heterocycles. The van der Waals surface area contributed by atoms with Gasteiger partial charge < -0.3 is 5.11 Å². The summed E-state index contributed by atoms with van der Waals surface area (Å²) in [5.41, 5.74) is 0. The molecule has 0 aromatic rings. The van der Waals surface area contributed by atoms with E-state index in [0.29, 0.717) is 0 Å². The van der Waals surface area contributed by atoms with Gasteiger partial charge in [0.25, 0.3) is 10.1 Å². The largest absolute Gasteiger partial charge is 0.397 e.